The standard InChI is InChI=1S/C18H28N2O/c1-3-4-5-7-14-9-11-15(12-10-14)20-17(21)18(2)13-6-8-16(18)19/h9-12,16H,3-8,13,19H2,1-2H3,(H,20,21). The number of hydrogen-bond donors (Lipinski definition) is 2. The van der Waals surface area contributed by atoms with Crippen LogP contribution in [0.2, 0.25) is 0 Å². The summed E-state index contributed by atoms with van der Waals surface area (Å²) in [6.45, 7) is 4.20. The molecular weight excluding hydrogens is 260 g/mol. The fraction of sp³-hybridized carbons (Fsp3) is 0.611. The van der Waals surface area contributed by atoms with E-state index in [0.717, 1.165) is 31.4 Å². The molecule has 2 atom stereocenters. The number of amides is 1. The summed E-state index contributed by atoms with van der Waals surface area (Å²) in [4.78, 5) is 12.5. The van der Waals surface area contributed by atoms with Crippen molar-refractivity contribution in [2.45, 2.75) is 64.8 Å². The monoisotopic (exact) mass is 288 g/mol. The van der Waals surface area contributed by atoms with Gasteiger partial charge < -0.3 is 11.1 Å². The fourth-order valence-electron chi connectivity index (χ4n) is 3.08. The molecule has 0 heterocycles. The average molecular weight is 288 g/mol. The quantitative estimate of drug-likeness (QED) is 0.781. The normalized spacial score (nSPS) is 25.0. The van der Waals surface area contributed by atoms with Crippen molar-refractivity contribution >= 4 is 11.6 Å². The Morgan fingerprint density at radius 2 is 2.05 bits per heavy atom. The first kappa shape index (κ1) is 16.0. The summed E-state index contributed by atoms with van der Waals surface area (Å²) in [6, 6.07) is 8.21. The molecule has 21 heavy (non-hydrogen) atoms. The molecule has 2 unspecified atom stereocenters. The SMILES string of the molecule is CCCCCc1ccc(NC(=O)C2(C)CCCC2N)cc1. The highest BCUT2D eigenvalue weighted by atomic mass is 16.2. The lowest BCUT2D eigenvalue weighted by Gasteiger charge is -2.27. The van der Waals surface area contributed by atoms with E-state index in [0.29, 0.717) is 0 Å². The van der Waals surface area contributed by atoms with E-state index < -0.39 is 5.41 Å². The maximum absolute atomic E-state index is 12.5. The summed E-state index contributed by atoms with van der Waals surface area (Å²) >= 11 is 0. The van der Waals surface area contributed by atoms with Crippen LogP contribution in [0.5, 0.6) is 0 Å². The molecule has 3 nitrogen and oxygen atoms in total. The Labute approximate surface area is 128 Å². The van der Waals surface area contributed by atoms with Crippen LogP contribution in [0.3, 0.4) is 0 Å². The number of carbonyl (C=O) groups is 1. The second-order valence-corrected chi connectivity index (χ2v) is 6.52. The van der Waals surface area contributed by atoms with Crippen LogP contribution < -0.4 is 11.1 Å². The summed E-state index contributed by atoms with van der Waals surface area (Å²) in [5, 5.41) is 3.03. The van der Waals surface area contributed by atoms with Gasteiger partial charge >= 0.3 is 0 Å². The Balaban J connectivity index is 1.92. The van der Waals surface area contributed by atoms with Crippen molar-refractivity contribution < 1.29 is 4.79 Å². The van der Waals surface area contributed by atoms with Gasteiger partial charge in [-0.2, -0.15) is 0 Å². The van der Waals surface area contributed by atoms with Crippen LogP contribution in [-0.2, 0) is 11.2 Å². The van der Waals surface area contributed by atoms with Gasteiger partial charge in [-0.15, -0.1) is 0 Å². The zero-order valence-corrected chi connectivity index (χ0v) is 13.3. The molecule has 3 N–H and O–H groups in total. The lowest BCUT2D eigenvalue weighted by Crippen LogP contribution is -2.44. The maximum atomic E-state index is 12.5. The van der Waals surface area contributed by atoms with Gasteiger partial charge in [0.1, 0.15) is 0 Å². The minimum Gasteiger partial charge on any atom is -0.327 e. The molecule has 1 aliphatic rings. The van der Waals surface area contributed by atoms with Crippen molar-refractivity contribution in [3.05, 3.63) is 29.8 Å². The predicted octanol–water partition coefficient (Wildman–Crippen LogP) is 3.88. The van der Waals surface area contributed by atoms with E-state index >= 15 is 0 Å². The molecule has 1 fully saturated rings. The number of unbranched alkanes of at least 4 members (excludes halogenated alkanes) is 2. The third kappa shape index (κ3) is 3.85. The van der Waals surface area contributed by atoms with Crippen LogP contribution in [0, 0.1) is 5.41 Å². The van der Waals surface area contributed by atoms with E-state index in [-0.39, 0.29) is 11.9 Å². The fourth-order valence-corrected chi connectivity index (χ4v) is 3.08. The number of benzene rings is 1. The third-order valence-corrected chi connectivity index (χ3v) is 4.83. The van der Waals surface area contributed by atoms with Gasteiger partial charge in [0, 0.05) is 11.7 Å². The van der Waals surface area contributed by atoms with Gasteiger partial charge in [0.05, 0.1) is 5.41 Å². The summed E-state index contributed by atoms with van der Waals surface area (Å²) < 4.78 is 0. The topological polar surface area (TPSA) is 55.1 Å². The molecule has 1 aromatic rings. The summed E-state index contributed by atoms with van der Waals surface area (Å²) in [6.07, 6.45) is 7.73. The summed E-state index contributed by atoms with van der Waals surface area (Å²) in [7, 11) is 0. The minimum atomic E-state index is -0.417. The zero-order valence-electron chi connectivity index (χ0n) is 13.3. The first-order valence-corrected chi connectivity index (χ1v) is 8.22. The van der Waals surface area contributed by atoms with Crippen LogP contribution in [0.4, 0.5) is 5.69 Å². The molecule has 1 aromatic carbocycles. The van der Waals surface area contributed by atoms with Crippen molar-refractivity contribution in [1.82, 2.24) is 0 Å². The van der Waals surface area contributed by atoms with Crippen molar-refractivity contribution in [3.8, 4) is 0 Å². The molecule has 0 aromatic heterocycles. The van der Waals surface area contributed by atoms with Crippen LogP contribution in [-0.4, -0.2) is 11.9 Å². The number of nitrogens with one attached hydrogen (secondary N) is 1. The number of rotatable bonds is 6. The predicted molar refractivity (Wildman–Crippen MR) is 88.2 cm³/mol. The van der Waals surface area contributed by atoms with Crippen molar-refractivity contribution in [2.75, 3.05) is 5.32 Å². The molecule has 3 heteroatoms. The summed E-state index contributed by atoms with van der Waals surface area (Å²) in [5.74, 6) is 0.0613. The Hall–Kier alpha value is -1.35. The van der Waals surface area contributed by atoms with Crippen molar-refractivity contribution in [3.63, 3.8) is 0 Å². The largest absolute Gasteiger partial charge is 0.327 e. The molecule has 0 saturated heterocycles. The lowest BCUT2D eigenvalue weighted by atomic mass is 9.84. The van der Waals surface area contributed by atoms with Gasteiger partial charge in [-0.25, -0.2) is 0 Å². The van der Waals surface area contributed by atoms with E-state index in [9.17, 15) is 4.79 Å². The highest BCUT2D eigenvalue weighted by Gasteiger charge is 2.42. The minimum absolute atomic E-state index is 0.0224. The van der Waals surface area contributed by atoms with Crippen LogP contribution in [0.25, 0.3) is 0 Å². The van der Waals surface area contributed by atoms with Crippen molar-refractivity contribution in [2.24, 2.45) is 11.1 Å². The highest BCUT2D eigenvalue weighted by Crippen LogP contribution is 2.37. The van der Waals surface area contributed by atoms with Gasteiger partial charge in [0.2, 0.25) is 5.91 Å². The first-order chi connectivity index (χ1) is 10.1. The number of hydrogen-bond acceptors (Lipinski definition) is 2. The number of anilines is 1. The number of carbonyl (C=O) groups excluding carboxylic acids is 1. The van der Waals surface area contributed by atoms with Gasteiger partial charge in [-0.05, 0) is 50.3 Å². The Bertz CT molecular complexity index is 469. The van der Waals surface area contributed by atoms with Gasteiger partial charge in [0.15, 0.2) is 0 Å². The molecule has 1 saturated carbocycles. The molecule has 116 valence electrons. The smallest absolute Gasteiger partial charge is 0.231 e. The first-order valence-electron chi connectivity index (χ1n) is 8.22. The molecule has 0 spiro atoms. The number of nitrogens with two attached hydrogens (primary N) is 1. The van der Waals surface area contributed by atoms with Gasteiger partial charge in [0.25, 0.3) is 0 Å². The van der Waals surface area contributed by atoms with Crippen LogP contribution >= 0.6 is 0 Å². The molecule has 0 bridgehead atoms. The number of aryl methyl sites for hydroxylation is 1. The lowest BCUT2D eigenvalue weighted by molar-refractivity contribution is -0.125. The van der Waals surface area contributed by atoms with E-state index in [1.165, 1.54) is 24.8 Å². The molecule has 2 rings (SSSR count). The zero-order chi connectivity index (χ0) is 15.3. The highest BCUT2D eigenvalue weighted by molar-refractivity contribution is 5.95. The maximum Gasteiger partial charge on any atom is 0.231 e. The van der Waals surface area contributed by atoms with E-state index in [4.69, 9.17) is 5.73 Å². The van der Waals surface area contributed by atoms with Crippen LogP contribution in [0.15, 0.2) is 24.3 Å². The molecular formula is C18H28N2O. The van der Waals surface area contributed by atoms with Gasteiger partial charge in [-0.3, -0.25) is 4.79 Å². The molecule has 0 aliphatic heterocycles. The molecule has 1 aliphatic carbocycles. The third-order valence-electron chi connectivity index (χ3n) is 4.83. The second kappa shape index (κ2) is 7.08. The summed E-state index contributed by atoms with van der Waals surface area (Å²) in [5.41, 5.74) is 7.90. The second-order valence-electron chi connectivity index (χ2n) is 6.52. The van der Waals surface area contributed by atoms with E-state index in [2.05, 4.69) is 24.4 Å². The molecule has 0 radical (unpaired) electrons. The van der Waals surface area contributed by atoms with Crippen molar-refractivity contribution in [1.29, 1.82) is 0 Å². The van der Waals surface area contributed by atoms with E-state index in [1.807, 2.05) is 19.1 Å². The average Bonchev–Trinajstić information content (AvgIpc) is 2.82. The van der Waals surface area contributed by atoms with Crippen LogP contribution in [0.1, 0.15) is 57.9 Å². The Morgan fingerprint density at radius 3 is 2.62 bits per heavy atom. The molecule has 1 amide bonds. The Morgan fingerprint density at radius 1 is 1.33 bits per heavy atom. The van der Waals surface area contributed by atoms with Gasteiger partial charge in [-0.1, -0.05) is 38.3 Å². The van der Waals surface area contributed by atoms with E-state index in [1.54, 1.807) is 0 Å². The Kier molecular flexibility index (Phi) is 5.40.